The number of thioether (sulfide) groups is 2. The molecule has 0 saturated heterocycles. The Balaban J connectivity index is 0.000000215. The standard InChI is InChI=1S/C23H31NO4S.C21H27NO4S/c1-4-26-22(25)15-29-14-18-6-5-7-20(12-18)27-13-21-17(3)28-23(24-21)19-10-8-16(2)9-11-19;1-14-6-8-17(9-7-14)21-22-19(15(2)26-21)11-25-18-5-3-4-16(10-18)12-27-13-20(23)24/h8-11,18,20H,4-7,12-15H2,1-3H3;6-9,16,18H,3-5,10-13H2,1-2H3,(H,23,24). The van der Waals surface area contributed by atoms with Gasteiger partial charge in [-0.3, -0.25) is 9.59 Å². The van der Waals surface area contributed by atoms with Crippen LogP contribution in [0.3, 0.4) is 0 Å². The number of hydrogen-bond acceptors (Lipinski definition) is 11. The predicted octanol–water partition coefficient (Wildman–Crippen LogP) is 10.2. The van der Waals surface area contributed by atoms with Crippen LogP contribution in [0, 0.1) is 39.5 Å². The van der Waals surface area contributed by atoms with Gasteiger partial charge in [0.1, 0.15) is 22.9 Å². The molecule has 0 spiro atoms. The molecule has 2 aliphatic rings. The van der Waals surface area contributed by atoms with Crippen molar-refractivity contribution < 1.29 is 37.7 Å². The molecule has 2 fully saturated rings. The highest BCUT2D eigenvalue weighted by atomic mass is 32.2. The lowest BCUT2D eigenvalue weighted by atomic mass is 9.88. The fourth-order valence-corrected chi connectivity index (χ4v) is 9.00. The van der Waals surface area contributed by atoms with Crippen LogP contribution in [-0.2, 0) is 37.0 Å². The fourth-order valence-electron chi connectivity index (χ4n) is 7.07. The Bertz CT molecular complexity index is 1810. The monoisotopic (exact) mass is 806 g/mol. The summed E-state index contributed by atoms with van der Waals surface area (Å²) in [6, 6.07) is 16.3. The average molecular weight is 807 g/mol. The van der Waals surface area contributed by atoms with Crippen LogP contribution in [0.2, 0.25) is 0 Å². The van der Waals surface area contributed by atoms with Crippen LogP contribution in [0.5, 0.6) is 0 Å². The topological polar surface area (TPSA) is 134 Å². The van der Waals surface area contributed by atoms with E-state index in [1.807, 2.05) is 45.0 Å². The number of aryl methyl sites for hydroxylation is 4. The summed E-state index contributed by atoms with van der Waals surface area (Å²) in [6.07, 6.45) is 9.30. The van der Waals surface area contributed by atoms with Crippen LogP contribution < -0.4 is 0 Å². The maximum atomic E-state index is 11.5. The maximum Gasteiger partial charge on any atom is 0.315 e. The Morgan fingerprint density at radius 3 is 1.57 bits per heavy atom. The SMILES string of the molecule is CCOC(=O)CSCC1CCCC(OCc2nc(-c3ccc(C)cc3)oc2C)C1.Cc1ccc(-c2nc(COC3CCCC(CSCC(=O)O)C3)c(C)o2)cc1. The lowest BCUT2D eigenvalue weighted by Crippen LogP contribution is -2.24. The minimum atomic E-state index is -0.741. The molecule has 6 rings (SSSR count). The second-order valence-electron chi connectivity index (χ2n) is 14.9. The number of aromatic nitrogens is 2. The Morgan fingerprint density at radius 1 is 0.696 bits per heavy atom. The Hall–Kier alpha value is -3.58. The van der Waals surface area contributed by atoms with E-state index in [1.165, 1.54) is 35.7 Å². The number of esters is 1. The van der Waals surface area contributed by atoms with Crippen molar-refractivity contribution in [1.29, 1.82) is 0 Å². The summed E-state index contributed by atoms with van der Waals surface area (Å²) in [4.78, 5) is 31.4. The van der Waals surface area contributed by atoms with Gasteiger partial charge in [0.05, 0.1) is 43.5 Å². The van der Waals surface area contributed by atoms with E-state index in [0.717, 1.165) is 84.1 Å². The molecule has 12 heteroatoms. The molecule has 2 heterocycles. The molecule has 56 heavy (non-hydrogen) atoms. The van der Waals surface area contributed by atoms with Crippen molar-refractivity contribution in [2.24, 2.45) is 11.8 Å². The third kappa shape index (κ3) is 14.1. The molecule has 2 aliphatic carbocycles. The molecule has 4 atom stereocenters. The summed E-state index contributed by atoms with van der Waals surface area (Å²) in [5.74, 6) is 5.68. The minimum Gasteiger partial charge on any atom is -0.481 e. The number of benzene rings is 2. The Kier molecular flexibility index (Phi) is 17.4. The second kappa shape index (κ2) is 22.4. The van der Waals surface area contributed by atoms with Gasteiger partial charge in [0.15, 0.2) is 0 Å². The average Bonchev–Trinajstić information content (AvgIpc) is 3.75. The number of carbonyl (C=O) groups excluding carboxylic acids is 1. The first-order valence-electron chi connectivity index (χ1n) is 19.9. The van der Waals surface area contributed by atoms with Crippen molar-refractivity contribution in [3.63, 3.8) is 0 Å². The van der Waals surface area contributed by atoms with Gasteiger partial charge in [-0.15, -0.1) is 23.5 Å². The van der Waals surface area contributed by atoms with E-state index in [2.05, 4.69) is 48.1 Å². The van der Waals surface area contributed by atoms with E-state index in [9.17, 15) is 9.59 Å². The first-order valence-corrected chi connectivity index (χ1v) is 22.2. The van der Waals surface area contributed by atoms with Gasteiger partial charge in [0, 0.05) is 11.1 Å². The zero-order valence-corrected chi connectivity index (χ0v) is 35.2. The number of carboxylic acid groups (broad SMARTS) is 1. The zero-order valence-electron chi connectivity index (χ0n) is 33.6. The summed E-state index contributed by atoms with van der Waals surface area (Å²) >= 11 is 3.18. The quantitative estimate of drug-likeness (QED) is 0.102. The van der Waals surface area contributed by atoms with Crippen LogP contribution in [0.15, 0.2) is 57.4 Å². The summed E-state index contributed by atoms with van der Waals surface area (Å²) < 4.78 is 29.0. The molecule has 0 bridgehead atoms. The summed E-state index contributed by atoms with van der Waals surface area (Å²) in [5, 5.41) is 8.77. The number of carbonyl (C=O) groups is 2. The summed E-state index contributed by atoms with van der Waals surface area (Å²) in [6.45, 7) is 11.2. The number of oxazole rings is 2. The molecule has 1 N–H and O–H groups in total. The molecule has 2 aromatic heterocycles. The second-order valence-corrected chi connectivity index (χ2v) is 17.0. The molecule has 4 aromatic rings. The third-order valence-electron chi connectivity index (χ3n) is 10.2. The first-order chi connectivity index (χ1) is 27.1. The Morgan fingerprint density at radius 2 is 1.14 bits per heavy atom. The normalized spacial score (nSPS) is 19.6. The van der Waals surface area contributed by atoms with E-state index in [-0.39, 0.29) is 23.9 Å². The highest BCUT2D eigenvalue weighted by molar-refractivity contribution is 8.00. The molecule has 4 unspecified atom stereocenters. The highest BCUT2D eigenvalue weighted by Gasteiger charge is 2.25. The molecule has 0 amide bonds. The molecule has 304 valence electrons. The largest absolute Gasteiger partial charge is 0.481 e. The molecule has 0 aliphatic heterocycles. The van der Waals surface area contributed by atoms with Gasteiger partial charge >= 0.3 is 11.9 Å². The van der Waals surface area contributed by atoms with E-state index < -0.39 is 5.97 Å². The first kappa shape index (κ1) is 43.5. The van der Waals surface area contributed by atoms with Crippen molar-refractivity contribution in [2.45, 2.75) is 111 Å². The summed E-state index contributed by atoms with van der Waals surface area (Å²) in [5.41, 5.74) is 6.11. The molecule has 0 radical (unpaired) electrons. The molecule has 2 aromatic carbocycles. The number of carboxylic acids is 1. The van der Waals surface area contributed by atoms with Crippen LogP contribution in [0.4, 0.5) is 0 Å². The van der Waals surface area contributed by atoms with E-state index in [4.69, 9.17) is 28.2 Å². The Labute approximate surface area is 340 Å². The lowest BCUT2D eigenvalue weighted by molar-refractivity contribution is -0.140. The van der Waals surface area contributed by atoms with Crippen LogP contribution >= 0.6 is 23.5 Å². The van der Waals surface area contributed by atoms with Gasteiger partial charge in [0.2, 0.25) is 11.8 Å². The van der Waals surface area contributed by atoms with E-state index in [0.29, 0.717) is 49.2 Å². The van der Waals surface area contributed by atoms with Gasteiger partial charge < -0.3 is 28.2 Å². The van der Waals surface area contributed by atoms with E-state index >= 15 is 0 Å². The van der Waals surface area contributed by atoms with Crippen molar-refractivity contribution in [3.8, 4) is 22.9 Å². The highest BCUT2D eigenvalue weighted by Crippen LogP contribution is 2.32. The zero-order chi connectivity index (χ0) is 39.9. The number of hydrogen-bond donors (Lipinski definition) is 1. The fraction of sp³-hybridized carbons (Fsp3) is 0.545. The van der Waals surface area contributed by atoms with Crippen molar-refractivity contribution in [3.05, 3.63) is 82.6 Å². The van der Waals surface area contributed by atoms with E-state index in [1.54, 1.807) is 11.8 Å². The third-order valence-corrected chi connectivity index (χ3v) is 12.5. The number of aliphatic carboxylic acids is 1. The van der Waals surface area contributed by atoms with Gasteiger partial charge in [0.25, 0.3) is 0 Å². The predicted molar refractivity (Wildman–Crippen MR) is 223 cm³/mol. The van der Waals surface area contributed by atoms with Gasteiger partial charge in [-0.25, -0.2) is 9.97 Å². The van der Waals surface area contributed by atoms with Crippen molar-refractivity contribution in [1.82, 2.24) is 9.97 Å². The smallest absolute Gasteiger partial charge is 0.315 e. The van der Waals surface area contributed by atoms with Crippen molar-refractivity contribution >= 4 is 35.5 Å². The summed E-state index contributed by atoms with van der Waals surface area (Å²) in [7, 11) is 0. The minimum absolute atomic E-state index is 0.119. The van der Waals surface area contributed by atoms with Gasteiger partial charge in [-0.1, -0.05) is 48.2 Å². The number of ether oxygens (including phenoxy) is 3. The molecular weight excluding hydrogens is 749 g/mol. The molecule has 10 nitrogen and oxygen atoms in total. The molecular formula is C44H58N2O8S2. The molecule has 2 saturated carbocycles. The van der Waals surface area contributed by atoms with Gasteiger partial charge in [-0.2, -0.15) is 0 Å². The van der Waals surface area contributed by atoms with Crippen LogP contribution in [0.1, 0.15) is 92.3 Å². The number of rotatable bonds is 17. The van der Waals surface area contributed by atoms with Gasteiger partial charge in [-0.05, 0) is 121 Å². The maximum absolute atomic E-state index is 11.5. The lowest BCUT2D eigenvalue weighted by Gasteiger charge is -2.28. The van der Waals surface area contributed by atoms with Crippen molar-refractivity contribution in [2.75, 3.05) is 29.6 Å². The number of nitrogens with zero attached hydrogens (tertiary/aromatic N) is 2. The van der Waals surface area contributed by atoms with Crippen LogP contribution in [0.25, 0.3) is 22.9 Å². The van der Waals surface area contributed by atoms with Crippen LogP contribution in [-0.4, -0.2) is 68.8 Å².